The van der Waals surface area contributed by atoms with Gasteiger partial charge in [0.25, 0.3) is 0 Å². The van der Waals surface area contributed by atoms with E-state index in [0.717, 1.165) is 17.8 Å². The summed E-state index contributed by atoms with van der Waals surface area (Å²) in [4.78, 5) is 15.4. The van der Waals surface area contributed by atoms with Gasteiger partial charge in [0.15, 0.2) is 0 Å². The Kier molecular flexibility index (Phi) is 5.41. The Morgan fingerprint density at radius 3 is 2.33 bits per heavy atom. The number of hydrogen-bond donors (Lipinski definition) is 1. The van der Waals surface area contributed by atoms with Gasteiger partial charge in [0.2, 0.25) is 5.91 Å². The Bertz CT molecular complexity index is 767. The van der Waals surface area contributed by atoms with E-state index in [1.54, 1.807) is 11.3 Å². The predicted molar refractivity (Wildman–Crippen MR) is 101 cm³/mol. The summed E-state index contributed by atoms with van der Waals surface area (Å²) in [6, 6.07) is 22.3. The van der Waals surface area contributed by atoms with Crippen molar-refractivity contribution in [2.75, 3.05) is 18.9 Å². The summed E-state index contributed by atoms with van der Waals surface area (Å²) in [6.45, 7) is 1.16. The highest BCUT2D eigenvalue weighted by Crippen LogP contribution is 2.21. The third kappa shape index (κ3) is 4.54. The van der Waals surface area contributed by atoms with E-state index in [2.05, 4.69) is 28.9 Å². The second kappa shape index (κ2) is 7.90. The second-order valence-corrected chi connectivity index (χ2v) is 6.78. The fourth-order valence-corrected chi connectivity index (χ4v) is 3.33. The molecule has 3 nitrogen and oxygen atoms in total. The van der Waals surface area contributed by atoms with Crippen molar-refractivity contribution in [3.05, 3.63) is 77.0 Å². The van der Waals surface area contributed by atoms with E-state index in [9.17, 15) is 4.79 Å². The van der Waals surface area contributed by atoms with Gasteiger partial charge in [-0.3, -0.25) is 9.69 Å². The normalized spacial score (nSPS) is 10.8. The largest absolute Gasteiger partial charge is 0.325 e. The molecule has 1 heterocycles. The van der Waals surface area contributed by atoms with Crippen molar-refractivity contribution >= 4 is 22.9 Å². The van der Waals surface area contributed by atoms with Crippen molar-refractivity contribution in [1.82, 2.24) is 4.90 Å². The maximum absolute atomic E-state index is 12.2. The molecule has 1 N–H and O–H groups in total. The molecule has 0 atom stereocenters. The number of amides is 1. The van der Waals surface area contributed by atoms with Crippen molar-refractivity contribution < 1.29 is 4.79 Å². The minimum absolute atomic E-state index is 0.00140. The quantitative estimate of drug-likeness (QED) is 0.719. The van der Waals surface area contributed by atoms with Crippen LogP contribution in [0.2, 0.25) is 0 Å². The summed E-state index contributed by atoms with van der Waals surface area (Å²) in [5.41, 5.74) is 3.14. The molecule has 4 heteroatoms. The monoisotopic (exact) mass is 336 g/mol. The summed E-state index contributed by atoms with van der Waals surface area (Å²) in [7, 11) is 1.96. The minimum atomic E-state index is 0.00140. The zero-order valence-corrected chi connectivity index (χ0v) is 14.4. The number of thiophene rings is 1. The topological polar surface area (TPSA) is 32.3 Å². The molecule has 24 heavy (non-hydrogen) atoms. The first-order chi connectivity index (χ1) is 11.7. The molecular weight excluding hydrogens is 316 g/mol. The molecule has 0 aliphatic carbocycles. The van der Waals surface area contributed by atoms with Gasteiger partial charge in [0, 0.05) is 17.1 Å². The number of hydrogen-bond acceptors (Lipinski definition) is 3. The molecule has 2 aromatic carbocycles. The molecule has 0 saturated carbocycles. The Balaban J connectivity index is 1.54. The molecule has 0 spiro atoms. The number of nitrogens with zero attached hydrogens (tertiary/aromatic N) is 1. The minimum Gasteiger partial charge on any atom is -0.325 e. The molecule has 1 amide bonds. The Morgan fingerprint density at radius 2 is 1.67 bits per heavy atom. The lowest BCUT2D eigenvalue weighted by Crippen LogP contribution is -2.29. The molecular formula is C20H20N2OS. The molecule has 0 saturated heterocycles. The van der Waals surface area contributed by atoms with Crippen LogP contribution in [0.4, 0.5) is 5.69 Å². The lowest BCUT2D eigenvalue weighted by atomic mass is 10.1. The molecule has 0 unspecified atom stereocenters. The molecule has 3 aromatic rings. The van der Waals surface area contributed by atoms with Crippen LogP contribution < -0.4 is 5.32 Å². The van der Waals surface area contributed by atoms with Crippen molar-refractivity contribution in [3.63, 3.8) is 0 Å². The van der Waals surface area contributed by atoms with E-state index in [4.69, 9.17) is 0 Å². The lowest BCUT2D eigenvalue weighted by molar-refractivity contribution is -0.117. The summed E-state index contributed by atoms with van der Waals surface area (Å²) >= 11 is 1.71. The average molecular weight is 336 g/mol. The summed E-state index contributed by atoms with van der Waals surface area (Å²) in [5, 5.41) is 5.01. The van der Waals surface area contributed by atoms with Gasteiger partial charge in [-0.25, -0.2) is 0 Å². The average Bonchev–Trinajstić information content (AvgIpc) is 3.09. The van der Waals surface area contributed by atoms with Crippen LogP contribution in [0.1, 0.15) is 4.88 Å². The van der Waals surface area contributed by atoms with Gasteiger partial charge in [-0.2, -0.15) is 0 Å². The summed E-state index contributed by atoms with van der Waals surface area (Å²) in [5.74, 6) is 0.00140. The first-order valence-corrected chi connectivity index (χ1v) is 8.75. The highest BCUT2D eigenvalue weighted by atomic mass is 32.1. The van der Waals surface area contributed by atoms with Gasteiger partial charge in [0.1, 0.15) is 0 Å². The first-order valence-electron chi connectivity index (χ1n) is 7.87. The van der Waals surface area contributed by atoms with E-state index < -0.39 is 0 Å². The second-order valence-electron chi connectivity index (χ2n) is 5.74. The van der Waals surface area contributed by atoms with Crippen LogP contribution in [0.5, 0.6) is 0 Å². The van der Waals surface area contributed by atoms with Crippen molar-refractivity contribution in [2.45, 2.75) is 6.54 Å². The third-order valence-corrected chi connectivity index (χ3v) is 4.56. The number of benzene rings is 2. The van der Waals surface area contributed by atoms with Crippen LogP contribution >= 0.6 is 11.3 Å². The maximum Gasteiger partial charge on any atom is 0.238 e. The van der Waals surface area contributed by atoms with Gasteiger partial charge in [-0.1, -0.05) is 48.5 Å². The Labute approximate surface area is 146 Å². The highest BCUT2D eigenvalue weighted by Gasteiger charge is 2.08. The molecule has 122 valence electrons. The molecule has 0 aliphatic heterocycles. The third-order valence-electron chi connectivity index (χ3n) is 3.70. The van der Waals surface area contributed by atoms with Crippen LogP contribution in [0, 0.1) is 0 Å². The fraction of sp³-hybridized carbons (Fsp3) is 0.150. The maximum atomic E-state index is 12.2. The standard InChI is InChI=1S/C20H20N2OS/c1-22(14-19-8-5-13-24-19)15-20(23)21-18-11-9-17(10-12-18)16-6-3-2-4-7-16/h2-13H,14-15H2,1H3,(H,21,23). The lowest BCUT2D eigenvalue weighted by Gasteiger charge is -2.15. The van der Waals surface area contributed by atoms with Crippen molar-refractivity contribution in [3.8, 4) is 11.1 Å². The zero-order chi connectivity index (χ0) is 16.8. The van der Waals surface area contributed by atoms with Crippen LogP contribution in [-0.4, -0.2) is 24.4 Å². The molecule has 0 radical (unpaired) electrons. The van der Waals surface area contributed by atoms with E-state index >= 15 is 0 Å². The number of anilines is 1. The van der Waals surface area contributed by atoms with E-state index in [1.807, 2.05) is 60.5 Å². The van der Waals surface area contributed by atoms with Crippen LogP contribution in [-0.2, 0) is 11.3 Å². The fourth-order valence-electron chi connectivity index (χ4n) is 2.55. The Morgan fingerprint density at radius 1 is 0.958 bits per heavy atom. The molecule has 3 rings (SSSR count). The van der Waals surface area contributed by atoms with Gasteiger partial charge >= 0.3 is 0 Å². The Hall–Kier alpha value is -2.43. The molecule has 0 fully saturated rings. The summed E-state index contributed by atoms with van der Waals surface area (Å²) in [6.07, 6.45) is 0. The van der Waals surface area contributed by atoms with Crippen molar-refractivity contribution in [1.29, 1.82) is 0 Å². The zero-order valence-electron chi connectivity index (χ0n) is 13.6. The van der Waals surface area contributed by atoms with E-state index in [-0.39, 0.29) is 5.91 Å². The highest BCUT2D eigenvalue weighted by molar-refractivity contribution is 7.09. The van der Waals surface area contributed by atoms with Gasteiger partial charge < -0.3 is 5.32 Å². The molecule has 0 aliphatic rings. The first kappa shape index (κ1) is 16.4. The van der Waals surface area contributed by atoms with Crippen LogP contribution in [0.25, 0.3) is 11.1 Å². The molecule has 1 aromatic heterocycles. The summed E-state index contributed by atoms with van der Waals surface area (Å²) < 4.78 is 0. The van der Waals surface area contributed by atoms with E-state index in [1.165, 1.54) is 10.4 Å². The van der Waals surface area contributed by atoms with Gasteiger partial charge in [0.05, 0.1) is 6.54 Å². The van der Waals surface area contributed by atoms with E-state index in [0.29, 0.717) is 6.54 Å². The number of carbonyl (C=O) groups excluding carboxylic acids is 1. The van der Waals surface area contributed by atoms with Crippen LogP contribution in [0.3, 0.4) is 0 Å². The number of nitrogens with one attached hydrogen (secondary N) is 1. The number of likely N-dealkylation sites (N-methyl/N-ethyl adjacent to an activating group) is 1. The number of rotatable bonds is 6. The van der Waals surface area contributed by atoms with Crippen molar-refractivity contribution in [2.24, 2.45) is 0 Å². The predicted octanol–water partition coefficient (Wildman–Crippen LogP) is 4.49. The smallest absolute Gasteiger partial charge is 0.238 e. The van der Waals surface area contributed by atoms with Gasteiger partial charge in [-0.15, -0.1) is 11.3 Å². The number of carbonyl (C=O) groups is 1. The van der Waals surface area contributed by atoms with Gasteiger partial charge in [-0.05, 0) is 41.8 Å². The SMILES string of the molecule is CN(CC(=O)Nc1ccc(-c2ccccc2)cc1)Cc1cccs1. The van der Waals surface area contributed by atoms with Crippen LogP contribution in [0.15, 0.2) is 72.1 Å². The molecule has 0 bridgehead atoms.